The van der Waals surface area contributed by atoms with Gasteiger partial charge in [0.25, 0.3) is 0 Å². The summed E-state index contributed by atoms with van der Waals surface area (Å²) in [6, 6.07) is 17.1. The van der Waals surface area contributed by atoms with E-state index in [4.69, 9.17) is 0 Å². The standard InChI is InChI=1S/C20H22O3Si/c1-23-20(22)17-13-11-16(12-14-17)19(21)10-7-15-24(2,3)18-8-5-4-6-9-18/h4-6,8-9,11-14,19,21H,10H2,1-3H3/t19-/m1/s1. The molecule has 24 heavy (non-hydrogen) atoms. The number of hydrogen-bond acceptors (Lipinski definition) is 3. The third-order valence-electron chi connectivity index (χ3n) is 3.91. The molecular weight excluding hydrogens is 316 g/mol. The Kier molecular flexibility index (Phi) is 5.97. The van der Waals surface area contributed by atoms with Crippen molar-refractivity contribution in [3.8, 4) is 11.5 Å². The van der Waals surface area contributed by atoms with Crippen molar-refractivity contribution in [2.24, 2.45) is 0 Å². The molecule has 2 rings (SSSR count). The fourth-order valence-electron chi connectivity index (χ4n) is 2.37. The molecule has 124 valence electrons. The van der Waals surface area contributed by atoms with Crippen molar-refractivity contribution in [2.45, 2.75) is 25.6 Å². The second kappa shape index (κ2) is 7.96. The fourth-order valence-corrected chi connectivity index (χ4v) is 4.09. The molecule has 2 aromatic carbocycles. The third kappa shape index (κ3) is 4.57. The highest BCUT2D eigenvalue weighted by Gasteiger charge is 2.20. The zero-order valence-corrected chi connectivity index (χ0v) is 15.2. The molecule has 0 heterocycles. The summed E-state index contributed by atoms with van der Waals surface area (Å²) in [5, 5.41) is 11.6. The minimum Gasteiger partial charge on any atom is -0.465 e. The maximum absolute atomic E-state index is 11.4. The van der Waals surface area contributed by atoms with Crippen LogP contribution in [-0.4, -0.2) is 26.3 Å². The van der Waals surface area contributed by atoms with Crippen LogP contribution in [0.3, 0.4) is 0 Å². The Morgan fingerprint density at radius 1 is 1.12 bits per heavy atom. The number of aliphatic hydroxyl groups is 1. The second-order valence-electron chi connectivity index (χ2n) is 6.13. The van der Waals surface area contributed by atoms with Gasteiger partial charge in [-0.25, -0.2) is 4.79 Å². The number of methoxy groups -OCH3 is 1. The molecule has 1 atom stereocenters. The Hall–Kier alpha value is -2.35. The Labute approximate surface area is 144 Å². The molecular formula is C20H22O3Si. The normalized spacial score (nSPS) is 12.0. The fraction of sp³-hybridized carbons (Fsp3) is 0.250. The van der Waals surface area contributed by atoms with E-state index in [1.165, 1.54) is 12.3 Å². The number of benzene rings is 2. The SMILES string of the molecule is COC(=O)c1ccc([C@H](O)CC#C[Si](C)(C)c2ccccc2)cc1. The Morgan fingerprint density at radius 3 is 2.33 bits per heavy atom. The lowest BCUT2D eigenvalue weighted by Gasteiger charge is -2.15. The molecule has 0 aliphatic rings. The van der Waals surface area contributed by atoms with Gasteiger partial charge in [0.15, 0.2) is 8.07 Å². The van der Waals surface area contributed by atoms with Crippen molar-refractivity contribution < 1.29 is 14.6 Å². The van der Waals surface area contributed by atoms with Crippen LogP contribution in [0.25, 0.3) is 0 Å². The van der Waals surface area contributed by atoms with Crippen molar-refractivity contribution in [3.63, 3.8) is 0 Å². The van der Waals surface area contributed by atoms with Crippen LogP contribution in [0.2, 0.25) is 13.1 Å². The number of hydrogen-bond donors (Lipinski definition) is 1. The van der Waals surface area contributed by atoms with E-state index in [9.17, 15) is 9.90 Å². The summed E-state index contributed by atoms with van der Waals surface area (Å²) in [7, 11) is -0.463. The molecule has 2 aromatic rings. The van der Waals surface area contributed by atoms with E-state index in [1.54, 1.807) is 24.3 Å². The Morgan fingerprint density at radius 2 is 1.75 bits per heavy atom. The van der Waals surface area contributed by atoms with Gasteiger partial charge < -0.3 is 9.84 Å². The maximum atomic E-state index is 11.4. The molecule has 0 amide bonds. The zero-order chi connectivity index (χ0) is 17.6. The molecule has 0 bridgehead atoms. The monoisotopic (exact) mass is 338 g/mol. The molecule has 0 saturated heterocycles. The van der Waals surface area contributed by atoms with E-state index >= 15 is 0 Å². The lowest BCUT2D eigenvalue weighted by Crippen LogP contribution is -2.39. The quantitative estimate of drug-likeness (QED) is 0.529. The summed E-state index contributed by atoms with van der Waals surface area (Å²) in [6.07, 6.45) is -0.286. The van der Waals surface area contributed by atoms with Gasteiger partial charge >= 0.3 is 5.97 Å². The van der Waals surface area contributed by atoms with Crippen molar-refractivity contribution >= 4 is 19.2 Å². The smallest absolute Gasteiger partial charge is 0.337 e. The van der Waals surface area contributed by atoms with Gasteiger partial charge in [-0.15, -0.1) is 11.5 Å². The lowest BCUT2D eigenvalue weighted by atomic mass is 10.1. The highest BCUT2D eigenvalue weighted by molar-refractivity contribution is 6.96. The molecule has 0 fully saturated rings. The van der Waals surface area contributed by atoms with Crippen LogP contribution in [0.4, 0.5) is 0 Å². The van der Waals surface area contributed by atoms with Crippen molar-refractivity contribution in [2.75, 3.05) is 7.11 Å². The predicted octanol–water partition coefficient (Wildman–Crippen LogP) is 3.05. The second-order valence-corrected chi connectivity index (χ2v) is 10.2. The number of carbonyl (C=O) groups excluding carboxylic acids is 1. The van der Waals surface area contributed by atoms with E-state index < -0.39 is 14.2 Å². The first-order valence-electron chi connectivity index (χ1n) is 7.86. The molecule has 0 aliphatic heterocycles. The molecule has 1 N–H and O–H groups in total. The first-order valence-corrected chi connectivity index (χ1v) is 10.9. The van der Waals surface area contributed by atoms with Crippen molar-refractivity contribution in [1.29, 1.82) is 0 Å². The number of esters is 1. The minimum atomic E-state index is -1.81. The zero-order valence-electron chi connectivity index (χ0n) is 14.2. The first kappa shape index (κ1) is 18.0. The van der Waals surface area contributed by atoms with E-state index in [2.05, 4.69) is 41.4 Å². The van der Waals surface area contributed by atoms with E-state index in [1.807, 2.05) is 18.2 Å². The van der Waals surface area contributed by atoms with Crippen LogP contribution in [0.1, 0.15) is 28.4 Å². The van der Waals surface area contributed by atoms with Gasteiger partial charge in [0.1, 0.15) is 0 Å². The number of carbonyl (C=O) groups is 1. The molecule has 0 spiro atoms. The van der Waals surface area contributed by atoms with Crippen LogP contribution < -0.4 is 5.19 Å². The van der Waals surface area contributed by atoms with Crippen LogP contribution in [0.5, 0.6) is 0 Å². The lowest BCUT2D eigenvalue weighted by molar-refractivity contribution is 0.0600. The topological polar surface area (TPSA) is 46.5 Å². The van der Waals surface area contributed by atoms with Crippen LogP contribution in [-0.2, 0) is 4.74 Å². The third-order valence-corrected chi connectivity index (χ3v) is 6.49. The van der Waals surface area contributed by atoms with E-state index in [0.29, 0.717) is 12.0 Å². The summed E-state index contributed by atoms with van der Waals surface area (Å²) in [6.45, 7) is 4.40. The first-order chi connectivity index (χ1) is 11.4. The van der Waals surface area contributed by atoms with Gasteiger partial charge in [-0.2, -0.15) is 0 Å². The largest absolute Gasteiger partial charge is 0.465 e. The highest BCUT2D eigenvalue weighted by atomic mass is 28.3. The summed E-state index contributed by atoms with van der Waals surface area (Å²) >= 11 is 0. The van der Waals surface area contributed by atoms with Crippen LogP contribution >= 0.6 is 0 Å². The average Bonchev–Trinajstić information content (AvgIpc) is 2.61. The number of ether oxygens (including phenoxy) is 1. The van der Waals surface area contributed by atoms with Gasteiger partial charge in [0, 0.05) is 6.42 Å². The van der Waals surface area contributed by atoms with Crippen molar-refractivity contribution in [3.05, 3.63) is 65.7 Å². The summed E-state index contributed by atoms with van der Waals surface area (Å²) in [4.78, 5) is 11.4. The molecule has 4 heteroatoms. The highest BCUT2D eigenvalue weighted by Crippen LogP contribution is 2.17. The predicted molar refractivity (Wildman–Crippen MR) is 98.7 cm³/mol. The summed E-state index contributed by atoms with van der Waals surface area (Å²) in [5.41, 5.74) is 4.59. The molecule has 3 nitrogen and oxygen atoms in total. The van der Waals surface area contributed by atoms with Gasteiger partial charge in [0.05, 0.1) is 18.8 Å². The Balaban J connectivity index is 2.03. The average molecular weight is 338 g/mol. The van der Waals surface area contributed by atoms with Crippen molar-refractivity contribution in [1.82, 2.24) is 0 Å². The molecule has 0 aromatic heterocycles. The Bertz CT molecular complexity index is 740. The molecule has 0 unspecified atom stereocenters. The molecule has 0 saturated carbocycles. The maximum Gasteiger partial charge on any atom is 0.337 e. The molecule has 0 aliphatic carbocycles. The van der Waals surface area contributed by atoms with Gasteiger partial charge in [-0.05, 0) is 22.9 Å². The van der Waals surface area contributed by atoms with Crippen LogP contribution in [0, 0.1) is 11.5 Å². The minimum absolute atomic E-state index is 0.376. The summed E-state index contributed by atoms with van der Waals surface area (Å²) < 4.78 is 4.66. The van der Waals surface area contributed by atoms with E-state index in [-0.39, 0.29) is 5.97 Å². The van der Waals surface area contributed by atoms with Crippen LogP contribution in [0.15, 0.2) is 54.6 Å². The number of aliphatic hydroxyl groups excluding tert-OH is 1. The van der Waals surface area contributed by atoms with E-state index in [0.717, 1.165) is 5.56 Å². The summed E-state index contributed by atoms with van der Waals surface area (Å²) in [5.74, 6) is 2.76. The van der Waals surface area contributed by atoms with Gasteiger partial charge in [0.2, 0.25) is 0 Å². The van der Waals surface area contributed by atoms with Gasteiger partial charge in [-0.3, -0.25) is 0 Å². The molecule has 0 radical (unpaired) electrons. The number of rotatable bonds is 4. The van der Waals surface area contributed by atoms with Gasteiger partial charge in [-0.1, -0.05) is 55.6 Å².